The van der Waals surface area contributed by atoms with Gasteiger partial charge in [0.1, 0.15) is 5.69 Å². The molecule has 2 aliphatic carbocycles. The normalized spacial score (nSPS) is 19.2. The van der Waals surface area contributed by atoms with Crippen LogP contribution in [0.25, 0.3) is 16.7 Å². The number of hydrogen-bond acceptors (Lipinski definition) is 7. The van der Waals surface area contributed by atoms with Crippen LogP contribution >= 0.6 is 0 Å². The zero-order valence-corrected chi connectivity index (χ0v) is 21.9. The second-order valence-corrected chi connectivity index (χ2v) is 12.4. The van der Waals surface area contributed by atoms with E-state index in [2.05, 4.69) is 9.62 Å². The molecule has 3 aliphatic rings. The highest BCUT2D eigenvalue weighted by Gasteiger charge is 2.32. The SMILES string of the molecule is CS(=O)(=O)NC(=O)c1cc(N2CCC(OCC3CC3)CC2)c2c(C3CCC3)nn(-c3ccccc3)c2n1. The van der Waals surface area contributed by atoms with Gasteiger partial charge in [-0.2, -0.15) is 5.10 Å². The van der Waals surface area contributed by atoms with Crippen LogP contribution in [-0.2, 0) is 14.8 Å². The molecule has 196 valence electrons. The highest BCUT2D eigenvalue weighted by atomic mass is 32.2. The third-order valence-electron chi connectivity index (χ3n) is 7.69. The van der Waals surface area contributed by atoms with Gasteiger partial charge in [0.15, 0.2) is 5.65 Å². The zero-order chi connectivity index (χ0) is 25.6. The van der Waals surface area contributed by atoms with Crippen LogP contribution in [0.1, 0.15) is 67.0 Å². The van der Waals surface area contributed by atoms with Gasteiger partial charge in [-0.1, -0.05) is 24.6 Å². The minimum Gasteiger partial charge on any atom is -0.378 e. The predicted octanol–water partition coefficient (Wildman–Crippen LogP) is 3.77. The number of ether oxygens (including phenoxy) is 1. The van der Waals surface area contributed by atoms with Gasteiger partial charge in [0.25, 0.3) is 5.91 Å². The Morgan fingerprint density at radius 3 is 2.43 bits per heavy atom. The van der Waals surface area contributed by atoms with Gasteiger partial charge >= 0.3 is 0 Å². The average molecular weight is 524 g/mol. The van der Waals surface area contributed by atoms with E-state index in [4.69, 9.17) is 14.8 Å². The van der Waals surface area contributed by atoms with Crippen LogP contribution in [0.4, 0.5) is 5.69 Å². The molecule has 1 saturated heterocycles. The highest BCUT2D eigenvalue weighted by molar-refractivity contribution is 7.89. The Morgan fingerprint density at radius 2 is 1.81 bits per heavy atom. The number of hydrogen-bond donors (Lipinski definition) is 1. The van der Waals surface area contributed by atoms with Crippen molar-refractivity contribution in [3.63, 3.8) is 0 Å². The van der Waals surface area contributed by atoms with Crippen molar-refractivity contribution in [3.05, 3.63) is 47.8 Å². The highest BCUT2D eigenvalue weighted by Crippen LogP contribution is 2.43. The molecule has 0 spiro atoms. The van der Waals surface area contributed by atoms with E-state index in [0.717, 1.165) is 80.0 Å². The minimum atomic E-state index is -3.74. The fraction of sp³-hybridized carbons (Fsp3) is 0.519. The summed E-state index contributed by atoms with van der Waals surface area (Å²) in [4.78, 5) is 20.0. The molecule has 3 aromatic rings. The van der Waals surface area contributed by atoms with E-state index in [1.54, 1.807) is 10.7 Å². The van der Waals surface area contributed by atoms with Crippen LogP contribution in [0.5, 0.6) is 0 Å². The van der Waals surface area contributed by atoms with Gasteiger partial charge in [0.2, 0.25) is 10.0 Å². The van der Waals surface area contributed by atoms with Crippen molar-refractivity contribution in [1.29, 1.82) is 0 Å². The molecule has 10 heteroatoms. The first-order valence-corrected chi connectivity index (χ1v) is 15.1. The Labute approximate surface area is 217 Å². The number of carbonyl (C=O) groups excluding carboxylic acids is 1. The van der Waals surface area contributed by atoms with Gasteiger partial charge in [-0.15, -0.1) is 0 Å². The van der Waals surface area contributed by atoms with Crippen molar-refractivity contribution in [3.8, 4) is 5.69 Å². The maximum absolute atomic E-state index is 13.0. The molecule has 3 heterocycles. The van der Waals surface area contributed by atoms with Crippen molar-refractivity contribution in [2.24, 2.45) is 5.92 Å². The summed E-state index contributed by atoms with van der Waals surface area (Å²) < 4.78 is 33.7. The number of fused-ring (bicyclic) bond motifs is 1. The van der Waals surface area contributed by atoms with E-state index in [-0.39, 0.29) is 11.8 Å². The van der Waals surface area contributed by atoms with E-state index in [0.29, 0.717) is 11.6 Å². The monoisotopic (exact) mass is 523 g/mol. The van der Waals surface area contributed by atoms with Crippen molar-refractivity contribution in [2.75, 3.05) is 30.9 Å². The maximum atomic E-state index is 13.0. The number of anilines is 1. The lowest BCUT2D eigenvalue weighted by atomic mass is 9.82. The summed E-state index contributed by atoms with van der Waals surface area (Å²) >= 11 is 0. The van der Waals surface area contributed by atoms with Gasteiger partial charge in [-0.25, -0.2) is 22.8 Å². The molecule has 1 aromatic carbocycles. The van der Waals surface area contributed by atoms with Crippen LogP contribution in [0.2, 0.25) is 0 Å². The Bertz CT molecular complexity index is 1410. The van der Waals surface area contributed by atoms with E-state index in [9.17, 15) is 13.2 Å². The number of amides is 1. The van der Waals surface area contributed by atoms with E-state index in [1.807, 2.05) is 30.3 Å². The standard InChI is InChI=1S/C27H33N5O4S/c1-37(34,35)30-27(33)22-16-23(31-14-12-21(13-15-31)36-17-18-10-11-18)24-25(19-6-5-7-19)29-32(26(24)28-22)20-8-3-2-4-9-20/h2-4,8-9,16,18-19,21H,5-7,10-15,17H2,1H3,(H,30,33). The Morgan fingerprint density at radius 1 is 1.08 bits per heavy atom. The lowest BCUT2D eigenvalue weighted by molar-refractivity contribution is 0.0305. The smallest absolute Gasteiger partial charge is 0.283 e. The Kier molecular flexibility index (Phi) is 6.40. The molecule has 2 aromatic heterocycles. The topological polar surface area (TPSA) is 106 Å². The third kappa shape index (κ3) is 5.22. The van der Waals surface area contributed by atoms with E-state index >= 15 is 0 Å². The van der Waals surface area contributed by atoms with Crippen molar-refractivity contribution in [2.45, 2.75) is 57.0 Å². The molecular formula is C27H33N5O4S. The Balaban J connectivity index is 1.43. The van der Waals surface area contributed by atoms with E-state index < -0.39 is 15.9 Å². The number of aromatic nitrogens is 3. The molecule has 9 nitrogen and oxygen atoms in total. The summed E-state index contributed by atoms with van der Waals surface area (Å²) in [5.74, 6) is 0.352. The van der Waals surface area contributed by atoms with Crippen LogP contribution in [-0.4, -0.2) is 61.1 Å². The molecular weight excluding hydrogens is 490 g/mol. The van der Waals surface area contributed by atoms with Crippen LogP contribution in [0.3, 0.4) is 0 Å². The first-order chi connectivity index (χ1) is 17.9. The third-order valence-corrected chi connectivity index (χ3v) is 8.25. The predicted molar refractivity (Wildman–Crippen MR) is 142 cm³/mol. The second-order valence-electron chi connectivity index (χ2n) is 10.7. The number of sulfonamides is 1. The van der Waals surface area contributed by atoms with Crippen LogP contribution in [0, 0.1) is 5.92 Å². The molecule has 0 radical (unpaired) electrons. The van der Waals surface area contributed by atoms with Gasteiger partial charge in [-0.3, -0.25) is 4.79 Å². The molecule has 1 aliphatic heterocycles. The zero-order valence-electron chi connectivity index (χ0n) is 21.1. The summed E-state index contributed by atoms with van der Waals surface area (Å²) in [5, 5.41) is 6.00. The molecule has 2 saturated carbocycles. The van der Waals surface area contributed by atoms with Gasteiger partial charge < -0.3 is 9.64 Å². The molecule has 0 bridgehead atoms. The average Bonchev–Trinajstić information content (AvgIpc) is 3.61. The lowest BCUT2D eigenvalue weighted by Crippen LogP contribution is -2.38. The number of carbonyl (C=O) groups is 1. The van der Waals surface area contributed by atoms with E-state index in [1.165, 1.54) is 19.3 Å². The molecule has 6 rings (SSSR count). The number of para-hydroxylation sites is 1. The first-order valence-electron chi connectivity index (χ1n) is 13.2. The summed E-state index contributed by atoms with van der Waals surface area (Å²) in [7, 11) is -3.74. The summed E-state index contributed by atoms with van der Waals surface area (Å²) in [6.07, 6.45) is 8.93. The molecule has 1 N–H and O–H groups in total. The van der Waals surface area contributed by atoms with Gasteiger partial charge in [-0.05, 0) is 62.6 Å². The molecule has 0 unspecified atom stereocenters. The number of pyridine rings is 1. The quantitative estimate of drug-likeness (QED) is 0.479. The Hall–Kier alpha value is -2.98. The molecule has 1 amide bonds. The summed E-state index contributed by atoms with van der Waals surface area (Å²) in [6, 6.07) is 11.5. The van der Waals surface area contributed by atoms with Gasteiger partial charge in [0, 0.05) is 25.6 Å². The van der Waals surface area contributed by atoms with Crippen molar-refractivity contribution in [1.82, 2.24) is 19.5 Å². The van der Waals surface area contributed by atoms with Crippen molar-refractivity contribution >= 4 is 32.7 Å². The second kappa shape index (κ2) is 9.72. The van der Waals surface area contributed by atoms with Gasteiger partial charge in [0.05, 0.1) is 34.8 Å². The maximum Gasteiger partial charge on any atom is 0.283 e. The molecule has 3 fully saturated rings. The largest absolute Gasteiger partial charge is 0.378 e. The molecule has 0 atom stereocenters. The van der Waals surface area contributed by atoms with Crippen LogP contribution < -0.4 is 9.62 Å². The fourth-order valence-corrected chi connectivity index (χ4v) is 5.69. The first kappa shape index (κ1) is 24.4. The fourth-order valence-electron chi connectivity index (χ4n) is 5.25. The molecule has 37 heavy (non-hydrogen) atoms. The number of benzene rings is 1. The number of rotatable bonds is 8. The van der Waals surface area contributed by atoms with Crippen molar-refractivity contribution < 1.29 is 17.9 Å². The lowest BCUT2D eigenvalue weighted by Gasteiger charge is -2.34. The number of nitrogens with one attached hydrogen (secondary N) is 1. The summed E-state index contributed by atoms with van der Waals surface area (Å²) in [6.45, 7) is 2.44. The number of nitrogens with zero attached hydrogens (tertiary/aromatic N) is 4. The number of piperidine rings is 1. The van der Waals surface area contributed by atoms with Crippen LogP contribution in [0.15, 0.2) is 36.4 Å². The minimum absolute atomic E-state index is 0.0669. The summed E-state index contributed by atoms with van der Waals surface area (Å²) in [5.41, 5.74) is 3.40.